The normalized spacial score (nSPS) is 32.7. The fraction of sp³-hybridized carbons (Fsp3) is 0.400. The lowest BCUT2D eigenvalue weighted by atomic mass is 9.81. The van der Waals surface area contributed by atoms with E-state index in [0.29, 0.717) is 23.9 Å². The Morgan fingerprint density at radius 2 is 1.41 bits per heavy atom. The number of aliphatic hydroxyl groups is 1. The first kappa shape index (κ1) is 15.6. The number of hydrogen-bond donors (Lipinski definition) is 1. The zero-order valence-corrected chi connectivity index (χ0v) is 14.4. The second-order valence-electron chi connectivity index (χ2n) is 7.27. The van der Waals surface area contributed by atoms with Gasteiger partial charge in [0, 0.05) is 5.92 Å². The van der Waals surface area contributed by atoms with E-state index in [4.69, 9.17) is 28.4 Å². The molecule has 0 spiro atoms. The first-order chi connectivity index (χ1) is 13.2. The Morgan fingerprint density at radius 3 is 2.15 bits per heavy atom. The first-order valence-electron chi connectivity index (χ1n) is 8.97. The smallest absolute Gasteiger partial charge is 0.231 e. The van der Waals surface area contributed by atoms with Crippen molar-refractivity contribution in [2.45, 2.75) is 17.8 Å². The van der Waals surface area contributed by atoms with Gasteiger partial charge in [-0.3, -0.25) is 0 Å². The van der Waals surface area contributed by atoms with E-state index in [1.54, 1.807) is 0 Å². The molecule has 7 nitrogen and oxygen atoms in total. The van der Waals surface area contributed by atoms with Crippen molar-refractivity contribution in [2.75, 3.05) is 26.8 Å². The molecule has 1 N–H and O–H groups in total. The quantitative estimate of drug-likeness (QED) is 0.870. The van der Waals surface area contributed by atoms with Crippen LogP contribution in [0.3, 0.4) is 0 Å². The van der Waals surface area contributed by atoms with Gasteiger partial charge in [0.25, 0.3) is 0 Å². The number of rotatable bonds is 2. The summed E-state index contributed by atoms with van der Waals surface area (Å²) in [7, 11) is 0. The van der Waals surface area contributed by atoms with Gasteiger partial charge in [-0.1, -0.05) is 12.1 Å². The van der Waals surface area contributed by atoms with Crippen LogP contribution in [0.15, 0.2) is 36.4 Å². The minimum Gasteiger partial charge on any atom is -0.454 e. The molecule has 0 amide bonds. The summed E-state index contributed by atoms with van der Waals surface area (Å²) in [4.78, 5) is 0. The zero-order chi connectivity index (χ0) is 18.0. The van der Waals surface area contributed by atoms with Gasteiger partial charge < -0.3 is 33.5 Å². The third-order valence-corrected chi connectivity index (χ3v) is 5.82. The van der Waals surface area contributed by atoms with Crippen LogP contribution in [0, 0.1) is 5.92 Å². The maximum atomic E-state index is 11.4. The first-order valence-corrected chi connectivity index (χ1v) is 8.97. The van der Waals surface area contributed by atoms with Crippen LogP contribution < -0.4 is 18.9 Å². The van der Waals surface area contributed by atoms with Crippen molar-refractivity contribution in [2.24, 2.45) is 5.92 Å². The monoisotopic (exact) mass is 370 g/mol. The van der Waals surface area contributed by atoms with Crippen LogP contribution in [-0.4, -0.2) is 37.5 Å². The Balaban J connectivity index is 1.31. The molecule has 0 radical (unpaired) electrons. The maximum Gasteiger partial charge on any atom is 0.231 e. The molecule has 140 valence electrons. The molecule has 0 bridgehead atoms. The fourth-order valence-electron chi connectivity index (χ4n) is 4.43. The third kappa shape index (κ3) is 2.19. The van der Waals surface area contributed by atoms with Gasteiger partial charge in [-0.25, -0.2) is 0 Å². The number of hydrogen-bond acceptors (Lipinski definition) is 7. The maximum absolute atomic E-state index is 11.4. The standard InChI is InChI=1S/C20H18O7/c21-20-8-23-18(11-1-3-14-16(5-11)26-9-24-14)13(20)7-22-19(20)12-2-4-15-17(6-12)27-10-25-15/h1-6,13,18-19,21H,7-10H2/t13?,18?,19?,20-/m1/s1. The molecule has 4 atom stereocenters. The SMILES string of the molecule is O[C@]12COC(c3ccc4c(c3)OCO4)C1COC2c1ccc2c(c1)OCO2. The minimum absolute atomic E-state index is 0.173. The van der Waals surface area contributed by atoms with E-state index < -0.39 is 11.7 Å². The van der Waals surface area contributed by atoms with E-state index in [0.717, 1.165) is 16.9 Å². The average molecular weight is 370 g/mol. The molecule has 4 heterocycles. The average Bonchev–Trinajstić information content (AvgIpc) is 3.43. The Morgan fingerprint density at radius 1 is 0.778 bits per heavy atom. The van der Waals surface area contributed by atoms with Crippen LogP contribution in [0.2, 0.25) is 0 Å². The lowest BCUT2D eigenvalue weighted by molar-refractivity contribution is -0.0628. The summed E-state index contributed by atoms with van der Waals surface area (Å²) in [5, 5.41) is 11.4. The molecule has 2 saturated heterocycles. The van der Waals surface area contributed by atoms with Crippen molar-refractivity contribution < 1.29 is 33.5 Å². The Hall–Kier alpha value is -2.48. The molecular weight excluding hydrogens is 352 g/mol. The topological polar surface area (TPSA) is 75.6 Å². The van der Waals surface area contributed by atoms with Crippen LogP contribution in [0.4, 0.5) is 0 Å². The van der Waals surface area contributed by atoms with Crippen molar-refractivity contribution in [3.05, 3.63) is 47.5 Å². The lowest BCUT2D eigenvalue weighted by Gasteiger charge is -2.27. The fourth-order valence-corrected chi connectivity index (χ4v) is 4.43. The van der Waals surface area contributed by atoms with E-state index >= 15 is 0 Å². The lowest BCUT2D eigenvalue weighted by Crippen LogP contribution is -2.39. The summed E-state index contributed by atoms with van der Waals surface area (Å²) in [5.74, 6) is 2.65. The highest BCUT2D eigenvalue weighted by atomic mass is 16.7. The van der Waals surface area contributed by atoms with E-state index in [2.05, 4.69) is 0 Å². The van der Waals surface area contributed by atoms with E-state index in [-0.39, 0.29) is 32.2 Å². The summed E-state index contributed by atoms with van der Waals surface area (Å²) in [6.45, 7) is 1.06. The molecule has 2 aromatic carbocycles. The zero-order valence-electron chi connectivity index (χ0n) is 14.4. The summed E-state index contributed by atoms with van der Waals surface area (Å²) >= 11 is 0. The van der Waals surface area contributed by atoms with Crippen molar-refractivity contribution in [1.82, 2.24) is 0 Å². The summed E-state index contributed by atoms with van der Waals surface area (Å²) in [6, 6.07) is 11.4. The molecule has 3 unspecified atom stereocenters. The molecule has 4 aliphatic rings. The van der Waals surface area contributed by atoms with Crippen LogP contribution in [0.1, 0.15) is 23.3 Å². The molecule has 7 heteroatoms. The van der Waals surface area contributed by atoms with Gasteiger partial charge in [0.15, 0.2) is 23.0 Å². The second-order valence-corrected chi connectivity index (χ2v) is 7.27. The van der Waals surface area contributed by atoms with Crippen molar-refractivity contribution in [3.8, 4) is 23.0 Å². The molecule has 2 aromatic rings. The molecule has 2 fully saturated rings. The largest absolute Gasteiger partial charge is 0.454 e. The second kappa shape index (κ2) is 5.51. The van der Waals surface area contributed by atoms with Gasteiger partial charge in [-0.05, 0) is 35.4 Å². The molecule has 4 aliphatic heterocycles. The molecule has 0 aliphatic carbocycles. The van der Waals surface area contributed by atoms with Gasteiger partial charge in [-0.15, -0.1) is 0 Å². The molecule has 0 saturated carbocycles. The van der Waals surface area contributed by atoms with Crippen molar-refractivity contribution in [3.63, 3.8) is 0 Å². The summed E-state index contributed by atoms with van der Waals surface area (Å²) in [6.07, 6.45) is -0.737. The summed E-state index contributed by atoms with van der Waals surface area (Å²) in [5.41, 5.74) is 0.712. The van der Waals surface area contributed by atoms with Crippen LogP contribution in [-0.2, 0) is 9.47 Å². The minimum atomic E-state index is -1.10. The van der Waals surface area contributed by atoms with Crippen molar-refractivity contribution in [1.29, 1.82) is 0 Å². The Kier molecular flexibility index (Phi) is 3.18. The third-order valence-electron chi connectivity index (χ3n) is 5.82. The van der Waals surface area contributed by atoms with Crippen LogP contribution in [0.5, 0.6) is 23.0 Å². The number of ether oxygens (including phenoxy) is 6. The highest BCUT2D eigenvalue weighted by molar-refractivity contribution is 5.47. The number of benzene rings is 2. The molecular formula is C20H18O7. The Bertz CT molecular complexity index is 913. The van der Waals surface area contributed by atoms with E-state index in [9.17, 15) is 5.11 Å². The van der Waals surface area contributed by atoms with Gasteiger partial charge in [0.05, 0.1) is 19.3 Å². The van der Waals surface area contributed by atoms with Crippen LogP contribution >= 0.6 is 0 Å². The van der Waals surface area contributed by atoms with Gasteiger partial charge >= 0.3 is 0 Å². The predicted molar refractivity (Wildman–Crippen MR) is 91.0 cm³/mol. The van der Waals surface area contributed by atoms with Crippen molar-refractivity contribution >= 4 is 0 Å². The summed E-state index contributed by atoms with van der Waals surface area (Å²) < 4.78 is 33.7. The van der Waals surface area contributed by atoms with Gasteiger partial charge in [0.2, 0.25) is 13.6 Å². The highest BCUT2D eigenvalue weighted by Gasteiger charge is 2.59. The number of fused-ring (bicyclic) bond motifs is 3. The molecule has 27 heavy (non-hydrogen) atoms. The van der Waals surface area contributed by atoms with E-state index in [1.807, 2.05) is 36.4 Å². The highest BCUT2D eigenvalue weighted by Crippen LogP contribution is 2.54. The molecule has 6 rings (SSSR count). The predicted octanol–water partition coefficient (Wildman–Crippen LogP) is 2.33. The Labute approximate surface area is 155 Å². The van der Waals surface area contributed by atoms with E-state index in [1.165, 1.54) is 0 Å². The van der Waals surface area contributed by atoms with Gasteiger partial charge in [0.1, 0.15) is 11.7 Å². The van der Waals surface area contributed by atoms with Crippen LogP contribution in [0.25, 0.3) is 0 Å². The molecule has 0 aromatic heterocycles. The van der Waals surface area contributed by atoms with Gasteiger partial charge in [-0.2, -0.15) is 0 Å².